The van der Waals surface area contributed by atoms with Crippen molar-refractivity contribution in [2.24, 2.45) is 0 Å². The summed E-state index contributed by atoms with van der Waals surface area (Å²) in [6.07, 6.45) is -1.37. The van der Waals surface area contributed by atoms with Crippen molar-refractivity contribution < 1.29 is 13.2 Å². The Hall–Kier alpha value is -0.770. The molecule has 0 aromatic heterocycles. The molecule has 1 radical (unpaired) electrons. The minimum Gasteiger partial charge on any atom is -0.166 e. The standard InChI is InChI=1S/C10H7BrF3/c1-2-3-7-4-5-9(11)8(6-7)10(12,13)14/h2-6H,1H2/b3-2+. The van der Waals surface area contributed by atoms with Crippen LogP contribution in [-0.4, -0.2) is 0 Å². The molecule has 1 rings (SSSR count). The summed E-state index contributed by atoms with van der Waals surface area (Å²) < 4.78 is 37.2. The molecule has 0 nitrogen and oxygen atoms in total. The van der Waals surface area contributed by atoms with E-state index >= 15 is 0 Å². The number of benzene rings is 1. The summed E-state index contributed by atoms with van der Waals surface area (Å²) in [6.45, 7) is 3.42. The Morgan fingerprint density at radius 1 is 1.29 bits per heavy atom. The van der Waals surface area contributed by atoms with E-state index in [1.807, 2.05) is 0 Å². The summed E-state index contributed by atoms with van der Waals surface area (Å²) in [4.78, 5) is 0. The SMILES string of the molecule is [CH2]/C=C/c1ccc(Br)c(C(F)(F)F)c1. The van der Waals surface area contributed by atoms with Gasteiger partial charge in [-0.3, -0.25) is 0 Å². The van der Waals surface area contributed by atoms with Crippen LogP contribution in [-0.2, 0) is 6.18 Å². The maximum absolute atomic E-state index is 12.4. The molecule has 0 heterocycles. The lowest BCUT2D eigenvalue weighted by atomic mass is 10.1. The Bertz CT molecular complexity index is 353. The first kappa shape index (κ1) is 11.3. The first-order valence-corrected chi connectivity index (χ1v) is 4.57. The molecule has 0 amide bonds. The highest BCUT2D eigenvalue weighted by Gasteiger charge is 2.32. The molecule has 0 unspecified atom stereocenters. The Morgan fingerprint density at radius 3 is 2.43 bits per heavy atom. The van der Waals surface area contributed by atoms with Gasteiger partial charge in [-0.1, -0.05) is 34.1 Å². The highest BCUT2D eigenvalue weighted by Crippen LogP contribution is 2.35. The largest absolute Gasteiger partial charge is 0.417 e. The summed E-state index contributed by atoms with van der Waals surface area (Å²) in [7, 11) is 0. The van der Waals surface area contributed by atoms with E-state index in [1.54, 1.807) is 6.07 Å². The molecule has 0 aliphatic carbocycles. The Labute approximate surface area is 88.6 Å². The first-order valence-electron chi connectivity index (χ1n) is 3.77. The van der Waals surface area contributed by atoms with E-state index in [2.05, 4.69) is 22.9 Å². The summed E-state index contributed by atoms with van der Waals surface area (Å²) in [5, 5.41) is 0. The fraction of sp³-hybridized carbons (Fsp3) is 0.100. The Kier molecular flexibility index (Phi) is 3.37. The molecular formula is C10H7BrF3. The van der Waals surface area contributed by atoms with Crippen LogP contribution in [0, 0.1) is 6.92 Å². The molecule has 0 aliphatic rings. The molecule has 0 aliphatic heterocycles. The normalized spacial score (nSPS) is 12.4. The van der Waals surface area contributed by atoms with Gasteiger partial charge < -0.3 is 0 Å². The van der Waals surface area contributed by atoms with Gasteiger partial charge in [0.05, 0.1) is 5.56 Å². The predicted octanol–water partition coefficient (Wildman–Crippen LogP) is 4.32. The molecule has 0 bridgehead atoms. The second-order valence-corrected chi connectivity index (χ2v) is 3.49. The van der Waals surface area contributed by atoms with Gasteiger partial charge >= 0.3 is 6.18 Å². The van der Waals surface area contributed by atoms with Gasteiger partial charge in [-0.2, -0.15) is 13.2 Å². The Morgan fingerprint density at radius 2 is 1.93 bits per heavy atom. The molecule has 4 heteroatoms. The summed E-state index contributed by atoms with van der Waals surface area (Å²) in [5.74, 6) is 0. The van der Waals surface area contributed by atoms with E-state index in [1.165, 1.54) is 18.2 Å². The monoisotopic (exact) mass is 263 g/mol. The maximum atomic E-state index is 12.4. The van der Waals surface area contributed by atoms with Crippen LogP contribution >= 0.6 is 15.9 Å². The van der Waals surface area contributed by atoms with Crippen molar-refractivity contribution in [2.45, 2.75) is 6.18 Å². The first-order chi connectivity index (χ1) is 6.45. The van der Waals surface area contributed by atoms with Gasteiger partial charge in [0.1, 0.15) is 0 Å². The van der Waals surface area contributed by atoms with Crippen LogP contribution in [0.4, 0.5) is 13.2 Å². The zero-order valence-corrected chi connectivity index (χ0v) is 8.69. The fourth-order valence-electron chi connectivity index (χ4n) is 1.000. The third-order valence-electron chi connectivity index (χ3n) is 1.61. The van der Waals surface area contributed by atoms with Crippen LogP contribution in [0.25, 0.3) is 6.08 Å². The Balaban J connectivity index is 3.22. The summed E-state index contributed by atoms with van der Waals surface area (Å²) >= 11 is 2.86. The lowest BCUT2D eigenvalue weighted by molar-refractivity contribution is -0.138. The molecule has 0 spiro atoms. The molecule has 0 N–H and O–H groups in total. The van der Waals surface area contributed by atoms with Crippen molar-refractivity contribution in [2.75, 3.05) is 0 Å². The molecule has 1 aromatic carbocycles. The number of alkyl halides is 3. The van der Waals surface area contributed by atoms with E-state index in [9.17, 15) is 13.2 Å². The second-order valence-electron chi connectivity index (χ2n) is 2.64. The van der Waals surface area contributed by atoms with E-state index in [0.717, 1.165) is 6.07 Å². The molecule has 0 fully saturated rings. The van der Waals surface area contributed by atoms with Gasteiger partial charge in [0, 0.05) is 4.47 Å². The van der Waals surface area contributed by atoms with Crippen molar-refractivity contribution >= 4 is 22.0 Å². The molecule has 0 saturated heterocycles. The van der Waals surface area contributed by atoms with Gasteiger partial charge in [-0.05, 0) is 24.6 Å². The summed E-state index contributed by atoms with van der Waals surface area (Å²) in [5.41, 5.74) is -0.191. The van der Waals surface area contributed by atoms with Gasteiger partial charge in [0.25, 0.3) is 0 Å². The average Bonchev–Trinajstić information content (AvgIpc) is 2.07. The molecule has 1 aromatic rings. The van der Waals surface area contributed by atoms with Crippen LogP contribution < -0.4 is 0 Å². The van der Waals surface area contributed by atoms with E-state index in [0.29, 0.717) is 5.56 Å². The summed E-state index contributed by atoms with van der Waals surface area (Å²) in [6, 6.07) is 4.03. The van der Waals surface area contributed by atoms with Gasteiger partial charge in [-0.15, -0.1) is 0 Å². The topological polar surface area (TPSA) is 0 Å². The fourth-order valence-corrected chi connectivity index (χ4v) is 1.47. The lowest BCUT2D eigenvalue weighted by Crippen LogP contribution is -2.06. The predicted molar refractivity (Wildman–Crippen MR) is 53.5 cm³/mol. The van der Waals surface area contributed by atoms with Crippen molar-refractivity contribution in [1.29, 1.82) is 0 Å². The molecule has 14 heavy (non-hydrogen) atoms. The van der Waals surface area contributed by atoms with Crippen molar-refractivity contribution in [3.63, 3.8) is 0 Å². The van der Waals surface area contributed by atoms with Crippen LogP contribution in [0.15, 0.2) is 28.7 Å². The van der Waals surface area contributed by atoms with Gasteiger partial charge in [-0.25, -0.2) is 0 Å². The van der Waals surface area contributed by atoms with E-state index in [-0.39, 0.29) is 4.47 Å². The lowest BCUT2D eigenvalue weighted by Gasteiger charge is -2.09. The quantitative estimate of drug-likeness (QED) is 0.708. The minimum atomic E-state index is -4.33. The van der Waals surface area contributed by atoms with Gasteiger partial charge in [0.2, 0.25) is 0 Å². The van der Waals surface area contributed by atoms with Crippen molar-refractivity contribution in [3.05, 3.63) is 46.8 Å². The zero-order chi connectivity index (χ0) is 10.8. The number of allylic oxidation sites excluding steroid dienone is 1. The van der Waals surface area contributed by atoms with Gasteiger partial charge in [0.15, 0.2) is 0 Å². The van der Waals surface area contributed by atoms with Crippen molar-refractivity contribution in [1.82, 2.24) is 0 Å². The molecule has 0 atom stereocenters. The highest BCUT2D eigenvalue weighted by atomic mass is 79.9. The smallest absolute Gasteiger partial charge is 0.166 e. The van der Waals surface area contributed by atoms with E-state index in [4.69, 9.17) is 0 Å². The number of hydrogen-bond acceptors (Lipinski definition) is 0. The number of hydrogen-bond donors (Lipinski definition) is 0. The third-order valence-corrected chi connectivity index (χ3v) is 2.30. The molecule has 0 saturated carbocycles. The van der Waals surface area contributed by atoms with Crippen LogP contribution in [0.1, 0.15) is 11.1 Å². The van der Waals surface area contributed by atoms with E-state index < -0.39 is 11.7 Å². The minimum absolute atomic E-state index is 0.0474. The van der Waals surface area contributed by atoms with Crippen LogP contribution in [0.3, 0.4) is 0 Å². The highest BCUT2D eigenvalue weighted by molar-refractivity contribution is 9.10. The molecule has 75 valence electrons. The second kappa shape index (κ2) is 4.17. The van der Waals surface area contributed by atoms with Crippen LogP contribution in [0.2, 0.25) is 0 Å². The zero-order valence-electron chi connectivity index (χ0n) is 7.11. The van der Waals surface area contributed by atoms with Crippen molar-refractivity contribution in [3.8, 4) is 0 Å². The van der Waals surface area contributed by atoms with Crippen LogP contribution in [0.5, 0.6) is 0 Å². The molecular weight excluding hydrogens is 257 g/mol. The third kappa shape index (κ3) is 2.61. The number of rotatable bonds is 1. The average molecular weight is 264 g/mol. The number of halogens is 4. The maximum Gasteiger partial charge on any atom is 0.417 e.